The summed E-state index contributed by atoms with van der Waals surface area (Å²) in [6, 6.07) is 19.2. The van der Waals surface area contributed by atoms with Crippen LogP contribution in [0, 0.1) is 12.3 Å². The summed E-state index contributed by atoms with van der Waals surface area (Å²) in [6.07, 6.45) is 2.01. The molecule has 4 aromatic rings. The summed E-state index contributed by atoms with van der Waals surface area (Å²) < 4.78 is 13.2. The first kappa shape index (κ1) is 28.1. The van der Waals surface area contributed by atoms with Crippen molar-refractivity contribution >= 4 is 23.5 Å². The second-order valence-electron chi connectivity index (χ2n) is 12.9. The molecule has 218 valence electrons. The first-order chi connectivity index (χ1) is 20.0. The van der Waals surface area contributed by atoms with E-state index in [1.54, 1.807) is 4.68 Å². The van der Waals surface area contributed by atoms with Gasteiger partial charge in [0.05, 0.1) is 10.9 Å². The number of aryl methyl sites for hydroxylation is 3. The van der Waals surface area contributed by atoms with E-state index in [-0.39, 0.29) is 24.0 Å². The molecule has 2 atom stereocenters. The first-order valence-electron chi connectivity index (χ1n) is 14.6. The van der Waals surface area contributed by atoms with Gasteiger partial charge in [0, 0.05) is 37.7 Å². The fourth-order valence-corrected chi connectivity index (χ4v) is 7.07. The number of ether oxygens (including phenoxy) is 2. The second kappa shape index (κ2) is 10.3. The molecule has 1 aliphatic heterocycles. The molecule has 0 bridgehead atoms. The van der Waals surface area contributed by atoms with Crippen LogP contribution in [0.2, 0.25) is 0 Å². The highest BCUT2D eigenvalue weighted by molar-refractivity contribution is 5.85. The van der Waals surface area contributed by atoms with Gasteiger partial charge in [0.1, 0.15) is 16.9 Å². The van der Waals surface area contributed by atoms with E-state index in [1.165, 1.54) is 16.7 Å². The van der Waals surface area contributed by atoms with Crippen LogP contribution in [0.25, 0.3) is 11.0 Å². The van der Waals surface area contributed by atoms with E-state index in [1.807, 2.05) is 40.0 Å². The predicted molar refractivity (Wildman–Crippen MR) is 160 cm³/mol. The molecule has 0 saturated heterocycles. The van der Waals surface area contributed by atoms with Crippen LogP contribution in [-0.4, -0.2) is 44.5 Å². The normalized spacial score (nSPS) is 19.0. The van der Waals surface area contributed by atoms with Crippen molar-refractivity contribution in [2.24, 2.45) is 12.5 Å². The molecule has 0 N–H and O–H groups in total. The van der Waals surface area contributed by atoms with Gasteiger partial charge in [-0.25, -0.2) is 4.68 Å². The molecule has 0 fully saturated rings. The smallest absolute Gasteiger partial charge is 0.319 e. The zero-order chi connectivity index (χ0) is 29.8. The molecule has 2 heterocycles. The van der Waals surface area contributed by atoms with Crippen molar-refractivity contribution in [1.82, 2.24) is 19.9 Å². The largest absolute Gasteiger partial charge is 0.486 e. The fraction of sp³-hybridized carbons (Fsp3) is 0.412. The minimum atomic E-state index is -1.04. The highest BCUT2D eigenvalue weighted by Crippen LogP contribution is 2.47. The lowest BCUT2D eigenvalue weighted by molar-refractivity contribution is -0.159. The van der Waals surface area contributed by atoms with Crippen molar-refractivity contribution < 1.29 is 19.1 Å². The maximum absolute atomic E-state index is 13.3. The lowest BCUT2D eigenvalue weighted by Gasteiger charge is -2.35. The number of carbonyl (C=O) groups is 2. The van der Waals surface area contributed by atoms with E-state index in [9.17, 15) is 9.59 Å². The quantitative estimate of drug-likeness (QED) is 0.166. The summed E-state index contributed by atoms with van der Waals surface area (Å²) in [5.74, 6) is -0.00360. The highest BCUT2D eigenvalue weighted by atomic mass is 16.6. The number of rotatable bonds is 6. The number of carbonyl (C=O) groups excluding carboxylic acids is 2. The molecule has 1 aliphatic carbocycles. The minimum Gasteiger partial charge on any atom is -0.486 e. The summed E-state index contributed by atoms with van der Waals surface area (Å²) in [5, 5.41) is 8.63. The molecule has 6 rings (SSSR count). The van der Waals surface area contributed by atoms with E-state index in [0.717, 1.165) is 59.4 Å². The SMILES string of the molecule is Cc1c(C(c2ccc3c(c2)C(N2Cc4ccccc4OC(C)(C)C2)CC3)C(C)(C)C(=O)OC=O)ccc2c1nnn2C. The van der Waals surface area contributed by atoms with Crippen LogP contribution in [-0.2, 0) is 34.3 Å². The van der Waals surface area contributed by atoms with Gasteiger partial charge in [-0.15, -0.1) is 5.10 Å². The van der Waals surface area contributed by atoms with E-state index in [0.29, 0.717) is 0 Å². The Bertz CT molecular complexity index is 1690. The number of benzene rings is 3. The molecule has 8 heteroatoms. The number of hydrogen-bond acceptors (Lipinski definition) is 7. The van der Waals surface area contributed by atoms with Crippen molar-refractivity contribution in [1.29, 1.82) is 0 Å². The third kappa shape index (κ3) is 4.77. The van der Waals surface area contributed by atoms with Crippen molar-refractivity contribution in [3.8, 4) is 5.75 Å². The Morgan fingerprint density at radius 1 is 1.14 bits per heavy atom. The monoisotopic (exact) mass is 566 g/mol. The summed E-state index contributed by atoms with van der Waals surface area (Å²) in [4.78, 5) is 27.1. The molecule has 1 aromatic heterocycles. The van der Waals surface area contributed by atoms with E-state index >= 15 is 0 Å². The van der Waals surface area contributed by atoms with Gasteiger partial charge >= 0.3 is 12.4 Å². The summed E-state index contributed by atoms with van der Waals surface area (Å²) >= 11 is 0. The van der Waals surface area contributed by atoms with Crippen molar-refractivity contribution in [3.63, 3.8) is 0 Å². The van der Waals surface area contributed by atoms with Crippen LogP contribution < -0.4 is 4.74 Å². The third-order valence-corrected chi connectivity index (χ3v) is 9.10. The second-order valence-corrected chi connectivity index (χ2v) is 12.9. The van der Waals surface area contributed by atoms with Crippen LogP contribution in [0.15, 0.2) is 54.6 Å². The minimum absolute atomic E-state index is 0.211. The van der Waals surface area contributed by atoms with E-state index < -0.39 is 11.4 Å². The van der Waals surface area contributed by atoms with E-state index in [2.05, 4.69) is 71.5 Å². The van der Waals surface area contributed by atoms with Gasteiger partial charge in [0.15, 0.2) is 0 Å². The number of para-hydroxylation sites is 1. The molecule has 3 aromatic carbocycles. The fourth-order valence-electron chi connectivity index (χ4n) is 7.07. The molecular formula is C34H38N4O4. The maximum Gasteiger partial charge on any atom is 0.319 e. The first-order valence-corrected chi connectivity index (χ1v) is 14.6. The van der Waals surface area contributed by atoms with Crippen molar-refractivity contribution in [2.45, 2.75) is 71.6 Å². The highest BCUT2D eigenvalue weighted by Gasteiger charge is 2.43. The van der Waals surface area contributed by atoms with Gasteiger partial charge in [-0.2, -0.15) is 0 Å². The number of esters is 1. The summed E-state index contributed by atoms with van der Waals surface area (Å²) in [7, 11) is 1.87. The molecule has 8 nitrogen and oxygen atoms in total. The van der Waals surface area contributed by atoms with Gasteiger partial charge in [0.25, 0.3) is 0 Å². The summed E-state index contributed by atoms with van der Waals surface area (Å²) in [6.45, 7) is 11.8. The van der Waals surface area contributed by atoms with E-state index in [4.69, 9.17) is 9.47 Å². The average molecular weight is 567 g/mol. The molecule has 0 spiro atoms. The Kier molecular flexibility index (Phi) is 6.92. The topological polar surface area (TPSA) is 86.5 Å². The Labute approximate surface area is 246 Å². The maximum atomic E-state index is 13.3. The molecule has 0 saturated carbocycles. The zero-order valence-corrected chi connectivity index (χ0v) is 25.2. The number of hydrogen-bond donors (Lipinski definition) is 0. The van der Waals surface area contributed by atoms with Crippen LogP contribution in [0.3, 0.4) is 0 Å². The number of fused-ring (bicyclic) bond motifs is 3. The number of aromatic nitrogens is 3. The van der Waals surface area contributed by atoms with Gasteiger partial charge in [-0.3, -0.25) is 14.5 Å². The molecular weight excluding hydrogens is 528 g/mol. The Balaban J connectivity index is 1.46. The lowest BCUT2D eigenvalue weighted by Crippen LogP contribution is -2.41. The van der Waals surface area contributed by atoms with Crippen LogP contribution in [0.5, 0.6) is 5.75 Å². The lowest BCUT2D eigenvalue weighted by atomic mass is 9.69. The van der Waals surface area contributed by atoms with Gasteiger partial charge in [-0.05, 0) is 87.4 Å². The molecule has 42 heavy (non-hydrogen) atoms. The Morgan fingerprint density at radius 2 is 1.93 bits per heavy atom. The van der Waals surface area contributed by atoms with Crippen LogP contribution >= 0.6 is 0 Å². The van der Waals surface area contributed by atoms with Gasteiger partial charge < -0.3 is 9.47 Å². The van der Waals surface area contributed by atoms with Crippen molar-refractivity contribution in [2.75, 3.05) is 6.54 Å². The molecule has 2 unspecified atom stereocenters. The Hall–Kier alpha value is -4.04. The number of nitrogens with zero attached hydrogens (tertiary/aromatic N) is 4. The van der Waals surface area contributed by atoms with Crippen molar-refractivity contribution in [3.05, 3.63) is 88.0 Å². The average Bonchev–Trinajstić information content (AvgIpc) is 3.50. The zero-order valence-electron chi connectivity index (χ0n) is 25.2. The van der Waals surface area contributed by atoms with Crippen LogP contribution in [0.1, 0.15) is 79.5 Å². The third-order valence-electron chi connectivity index (χ3n) is 9.10. The van der Waals surface area contributed by atoms with Gasteiger partial charge in [-0.1, -0.05) is 47.7 Å². The standard InChI is InChI=1S/C34H38N4O4/c1-21-25(14-16-28-31(21)35-36-37(28)6)30(34(4,5)32(40)41-20-39)23-12-11-22-13-15-27(26(22)17-23)38-18-24-9-7-8-10-29(24)42-33(2,3)19-38/h7-12,14,16-17,20,27,30H,13,15,18-19H2,1-6H3. The van der Waals surface area contributed by atoms with Crippen LogP contribution in [0.4, 0.5) is 0 Å². The summed E-state index contributed by atoms with van der Waals surface area (Å²) in [5.41, 5.74) is 7.05. The van der Waals surface area contributed by atoms with Gasteiger partial charge in [0.2, 0.25) is 0 Å². The molecule has 0 amide bonds. The molecule has 0 radical (unpaired) electrons. The predicted octanol–water partition coefficient (Wildman–Crippen LogP) is 5.79. The molecule has 2 aliphatic rings. The Morgan fingerprint density at radius 3 is 2.71 bits per heavy atom.